The highest BCUT2D eigenvalue weighted by Gasteiger charge is 2.68. The minimum atomic E-state index is -1.93. The molecule has 0 spiro atoms. The number of ether oxygens (including phenoxy) is 10. The van der Waals surface area contributed by atoms with Crippen LogP contribution >= 0.6 is 0 Å². The Hall–Kier alpha value is -1.38. The van der Waals surface area contributed by atoms with Gasteiger partial charge in [0.2, 0.25) is 0 Å². The average Bonchev–Trinajstić information content (AvgIpc) is 1.42. The van der Waals surface area contributed by atoms with E-state index in [1.54, 1.807) is 13.8 Å². The van der Waals surface area contributed by atoms with E-state index in [0.717, 1.165) is 38.5 Å². The van der Waals surface area contributed by atoms with Crippen LogP contribution in [0.3, 0.4) is 0 Å². The summed E-state index contributed by atoms with van der Waals surface area (Å²) >= 11 is 0. The van der Waals surface area contributed by atoms with Crippen molar-refractivity contribution in [3.05, 3.63) is 11.6 Å². The maximum absolute atomic E-state index is 11.8. The molecule has 0 amide bonds. The van der Waals surface area contributed by atoms with E-state index in [-0.39, 0.29) is 40.4 Å². The van der Waals surface area contributed by atoms with Crippen molar-refractivity contribution in [1.29, 1.82) is 0 Å². The van der Waals surface area contributed by atoms with Crippen LogP contribution in [-0.2, 0) is 47.4 Å². The number of aliphatic hydroxyl groups excluding tert-OH is 17. The van der Waals surface area contributed by atoms with Gasteiger partial charge in [-0.25, -0.2) is 0 Å². The van der Waals surface area contributed by atoms with Gasteiger partial charge in [-0.15, -0.1) is 0 Å². The molecule has 28 nitrogen and oxygen atoms in total. The Labute approximate surface area is 512 Å². The molecule has 4 unspecified atom stereocenters. The second-order valence-electron chi connectivity index (χ2n) is 28.6. The fraction of sp³-hybridized carbons (Fsp3) is 0.967. The minimum Gasteiger partial charge on any atom is -0.394 e. The van der Waals surface area contributed by atoms with Crippen molar-refractivity contribution in [3.63, 3.8) is 0 Å². The van der Waals surface area contributed by atoms with Gasteiger partial charge in [0, 0.05) is 5.41 Å². The Morgan fingerprint density at radius 2 is 0.943 bits per heavy atom. The lowest BCUT2D eigenvalue weighted by molar-refractivity contribution is -0.380. The highest BCUT2D eigenvalue weighted by atomic mass is 16.8. The van der Waals surface area contributed by atoms with Crippen LogP contribution in [0.5, 0.6) is 0 Å². The molecule has 5 aliphatic heterocycles. The number of aliphatic hydroxyl groups is 18. The molecule has 88 heavy (non-hydrogen) atoms. The lowest BCUT2D eigenvalue weighted by Crippen LogP contribution is -2.65. The van der Waals surface area contributed by atoms with Crippen LogP contribution in [0.2, 0.25) is 0 Å². The fourth-order valence-corrected chi connectivity index (χ4v) is 17.0. The zero-order valence-electron chi connectivity index (χ0n) is 51.5. The standard InChI is InChI=1S/C60H102O28/c1-24(9-13-35(57(4,5)78)87-55-50(88-54-49(77)43(71)38(66)30(21-63)83-54)45(73)40(68)32(85-55)23-80-52-47(75)42(70)37(65)29(20-62)82-52)25-15-16-60(8)33-12-10-26-27(58(33,6)17-18-59(25,60)7)11-14-34(56(26,2)3)86-53-48(76)44(72)39(67)31(84-53)22-79-51-46(74)41(69)36(64)28(19-61)81-51/h10,24-25,27-55,61-78H,9,11-23H2,1-8H3/t24?,25-,27?,28-,29-,30-,31-,32-,33?,34+,35?,36-,37-,38-,39-,40-,41+,42+,43+,44+,45+,46-,47-,48-,49-,50-,51-,52-,53+,54+,55+,58+,59-,60+/m1/s1. The van der Waals surface area contributed by atoms with Gasteiger partial charge in [-0.3, -0.25) is 0 Å². The lowest BCUT2D eigenvalue weighted by Gasteiger charge is -2.66. The molecule has 0 radical (unpaired) electrons. The van der Waals surface area contributed by atoms with E-state index in [2.05, 4.69) is 47.6 Å². The minimum absolute atomic E-state index is 0.0854. The molecule has 3 saturated carbocycles. The number of allylic oxidation sites excluding steroid dienone is 1. The van der Waals surface area contributed by atoms with Crippen LogP contribution < -0.4 is 0 Å². The molecule has 8 fully saturated rings. The zero-order chi connectivity index (χ0) is 64.7. The number of fused-ring (bicyclic) bond motifs is 5. The van der Waals surface area contributed by atoms with Gasteiger partial charge in [-0.2, -0.15) is 0 Å². The van der Waals surface area contributed by atoms with Crippen LogP contribution in [-0.4, -0.2) is 296 Å². The normalized spacial score (nSPS) is 51.4. The zero-order valence-corrected chi connectivity index (χ0v) is 51.5. The third kappa shape index (κ3) is 13.0. The van der Waals surface area contributed by atoms with E-state index in [1.807, 2.05) is 0 Å². The van der Waals surface area contributed by atoms with Crippen LogP contribution in [0.25, 0.3) is 0 Å². The molecule has 0 aromatic heterocycles. The molecular formula is C60H102O28. The Bertz CT molecular complexity index is 2310. The van der Waals surface area contributed by atoms with Gasteiger partial charge < -0.3 is 139 Å². The van der Waals surface area contributed by atoms with Gasteiger partial charge in [0.25, 0.3) is 0 Å². The monoisotopic (exact) mass is 1270 g/mol. The molecule has 4 aliphatic carbocycles. The second kappa shape index (κ2) is 27.4. The summed E-state index contributed by atoms with van der Waals surface area (Å²) in [5, 5.41) is 192. The van der Waals surface area contributed by atoms with Crippen molar-refractivity contribution < 1.29 is 139 Å². The largest absolute Gasteiger partial charge is 0.394 e. The maximum atomic E-state index is 11.8. The van der Waals surface area contributed by atoms with Crippen molar-refractivity contribution in [3.8, 4) is 0 Å². The van der Waals surface area contributed by atoms with E-state index >= 15 is 0 Å². The van der Waals surface area contributed by atoms with E-state index in [1.165, 1.54) is 5.57 Å². The van der Waals surface area contributed by atoms with Gasteiger partial charge in [-0.1, -0.05) is 53.2 Å². The summed E-state index contributed by atoms with van der Waals surface area (Å²) in [4.78, 5) is 0. The van der Waals surface area contributed by atoms with Crippen LogP contribution in [0.4, 0.5) is 0 Å². The van der Waals surface area contributed by atoms with Crippen molar-refractivity contribution in [2.45, 2.75) is 285 Å². The van der Waals surface area contributed by atoms with Gasteiger partial charge in [0.1, 0.15) is 122 Å². The van der Waals surface area contributed by atoms with E-state index in [4.69, 9.17) is 47.4 Å². The third-order valence-electron chi connectivity index (χ3n) is 22.8. The Morgan fingerprint density at radius 3 is 1.44 bits per heavy atom. The number of rotatable bonds is 20. The summed E-state index contributed by atoms with van der Waals surface area (Å²) in [6.45, 7) is 13.5. The molecular weight excluding hydrogens is 1170 g/mol. The molecule has 0 aromatic carbocycles. The quantitative estimate of drug-likeness (QED) is 0.0512. The SMILES string of the molecule is CC(CCC(O[C@@H]1O[C@H](CO[C@@H]2O[C@H](CO)[C@@H](O)[C@H](O)[C@H]2O)[C@@H](O)[C@H](O)[C@H]1O[C@@H]1O[C@H](CO)[C@@H](O)[C@H](O)[C@H]1O)C(C)(C)O)[C@H]1CC[C@@]2(C)C3CC=C4C(CC[C@H](O[C@@H]5O[C@H](CO[C@@H]6O[C@H](CO)[C@@H](O)[C@H](O)[C@H]6O)[C@@H](O)[C@H](O)[C@H]5O)C4(C)C)[C@]3(C)CC[C@]12C. The molecule has 18 N–H and O–H groups in total. The van der Waals surface area contributed by atoms with E-state index < -0.39 is 210 Å². The Morgan fingerprint density at radius 1 is 0.500 bits per heavy atom. The average molecular weight is 1270 g/mol. The molecule has 28 heteroatoms. The third-order valence-corrected chi connectivity index (χ3v) is 22.8. The summed E-state index contributed by atoms with van der Waals surface area (Å²) in [5.74, 6) is 0.828. The van der Waals surface area contributed by atoms with Crippen LogP contribution in [0.1, 0.15) is 113 Å². The molecule has 5 saturated heterocycles. The highest BCUT2D eigenvalue weighted by molar-refractivity contribution is 5.30. The smallest absolute Gasteiger partial charge is 0.187 e. The van der Waals surface area contributed by atoms with Crippen molar-refractivity contribution in [2.75, 3.05) is 33.0 Å². The molecule has 9 aliphatic rings. The van der Waals surface area contributed by atoms with Crippen molar-refractivity contribution in [1.82, 2.24) is 0 Å². The predicted octanol–water partition coefficient (Wildman–Crippen LogP) is -4.38. The van der Waals surface area contributed by atoms with Crippen LogP contribution in [0, 0.1) is 45.3 Å². The first-order chi connectivity index (χ1) is 41.2. The number of hydrogen-bond acceptors (Lipinski definition) is 28. The van der Waals surface area contributed by atoms with E-state index in [0.29, 0.717) is 18.8 Å². The van der Waals surface area contributed by atoms with Crippen molar-refractivity contribution >= 4 is 0 Å². The topological polar surface area (TPSA) is 456 Å². The summed E-state index contributed by atoms with van der Waals surface area (Å²) in [5.41, 5.74) is -1.21. The lowest BCUT2D eigenvalue weighted by atomic mass is 9.39. The predicted molar refractivity (Wildman–Crippen MR) is 299 cm³/mol. The number of hydrogen-bond donors (Lipinski definition) is 18. The summed E-state index contributed by atoms with van der Waals surface area (Å²) in [6.07, 6.45) is -33.6. The molecule has 5 heterocycles. The van der Waals surface area contributed by atoms with Gasteiger partial charge in [0.15, 0.2) is 31.5 Å². The first-order valence-corrected chi connectivity index (χ1v) is 31.5. The van der Waals surface area contributed by atoms with Gasteiger partial charge in [-0.05, 0) is 112 Å². The second-order valence-corrected chi connectivity index (χ2v) is 28.6. The summed E-state index contributed by atoms with van der Waals surface area (Å²) < 4.78 is 59.5. The summed E-state index contributed by atoms with van der Waals surface area (Å²) in [6, 6.07) is 0. The fourth-order valence-electron chi connectivity index (χ4n) is 17.0. The Balaban J connectivity index is 0.871. The van der Waals surface area contributed by atoms with Gasteiger partial charge in [0.05, 0.1) is 50.8 Å². The molecule has 0 aromatic rings. The maximum Gasteiger partial charge on any atom is 0.187 e. The molecule has 9 rings (SSSR count). The van der Waals surface area contributed by atoms with Crippen molar-refractivity contribution in [2.24, 2.45) is 45.3 Å². The first kappa shape index (κ1) is 70.9. The van der Waals surface area contributed by atoms with Crippen LogP contribution in [0.15, 0.2) is 11.6 Å². The highest BCUT2D eigenvalue weighted by Crippen LogP contribution is 2.75. The molecule has 34 atom stereocenters. The first-order valence-electron chi connectivity index (χ1n) is 31.5. The molecule has 510 valence electrons. The summed E-state index contributed by atoms with van der Waals surface area (Å²) in [7, 11) is 0. The Kier molecular flexibility index (Phi) is 22.1. The van der Waals surface area contributed by atoms with Gasteiger partial charge >= 0.3 is 0 Å². The molecule has 0 bridgehead atoms. The van der Waals surface area contributed by atoms with E-state index in [9.17, 15) is 91.9 Å².